The molecule has 0 spiro atoms. The van der Waals surface area contributed by atoms with E-state index in [1.807, 2.05) is 37.9 Å². The number of benzene rings is 1. The molecule has 2 aromatic heterocycles. The zero-order chi connectivity index (χ0) is 21.6. The van der Waals surface area contributed by atoms with Gasteiger partial charge in [-0.1, -0.05) is 6.07 Å². The number of anilines is 1. The molecule has 0 unspecified atom stereocenters. The Kier molecular flexibility index (Phi) is 4.83. The molecule has 3 aromatic rings. The first kappa shape index (κ1) is 19.8. The minimum Gasteiger partial charge on any atom is -0.444 e. The van der Waals surface area contributed by atoms with E-state index in [2.05, 4.69) is 32.1 Å². The van der Waals surface area contributed by atoms with Crippen LogP contribution in [-0.2, 0) is 4.74 Å². The Bertz CT molecular complexity index is 1090. The average Bonchev–Trinajstić information content (AvgIpc) is 3.33. The predicted octanol–water partition coefficient (Wildman–Crippen LogP) is 3.87. The fourth-order valence-corrected chi connectivity index (χ4v) is 3.97. The summed E-state index contributed by atoms with van der Waals surface area (Å²) in [7, 11) is 0. The summed E-state index contributed by atoms with van der Waals surface area (Å²) < 4.78 is 13.2. The SMILES string of the molecule is CC(C)(C)OC(=O)N1CCN(c2noc(-c3ccc4cnn(C5CCC5)c4c3)n2)CC1. The van der Waals surface area contributed by atoms with Gasteiger partial charge in [0.05, 0.1) is 17.8 Å². The lowest BCUT2D eigenvalue weighted by Gasteiger charge is -2.34. The lowest BCUT2D eigenvalue weighted by molar-refractivity contribution is 0.0240. The van der Waals surface area contributed by atoms with Crippen molar-refractivity contribution in [2.24, 2.45) is 0 Å². The van der Waals surface area contributed by atoms with Crippen molar-refractivity contribution < 1.29 is 14.1 Å². The molecule has 3 heterocycles. The van der Waals surface area contributed by atoms with E-state index in [9.17, 15) is 4.79 Å². The van der Waals surface area contributed by atoms with Gasteiger partial charge in [0.1, 0.15) is 5.60 Å². The van der Waals surface area contributed by atoms with Gasteiger partial charge in [-0.3, -0.25) is 4.68 Å². The fraction of sp³-hybridized carbons (Fsp3) is 0.545. The Morgan fingerprint density at radius 2 is 1.94 bits per heavy atom. The number of aromatic nitrogens is 4. The zero-order valence-corrected chi connectivity index (χ0v) is 18.2. The normalized spacial score (nSPS) is 17.8. The first-order chi connectivity index (χ1) is 14.9. The third-order valence-electron chi connectivity index (χ3n) is 5.90. The summed E-state index contributed by atoms with van der Waals surface area (Å²) in [6.07, 6.45) is 5.26. The number of ether oxygens (including phenoxy) is 1. The van der Waals surface area contributed by atoms with Crippen molar-refractivity contribution in [1.82, 2.24) is 24.8 Å². The molecule has 2 aliphatic rings. The lowest BCUT2D eigenvalue weighted by atomic mass is 9.93. The highest BCUT2D eigenvalue weighted by molar-refractivity contribution is 5.83. The number of hydrogen-bond acceptors (Lipinski definition) is 7. The van der Waals surface area contributed by atoms with E-state index in [4.69, 9.17) is 9.26 Å². The molecule has 9 nitrogen and oxygen atoms in total. The molecule has 1 aromatic carbocycles. The third kappa shape index (κ3) is 3.96. The molecule has 1 amide bonds. The Morgan fingerprint density at radius 3 is 2.61 bits per heavy atom. The van der Waals surface area contributed by atoms with Crippen LogP contribution in [-0.4, -0.2) is 62.7 Å². The molecule has 0 bridgehead atoms. The van der Waals surface area contributed by atoms with Crippen LogP contribution in [0.15, 0.2) is 28.9 Å². The van der Waals surface area contributed by atoms with Crippen LogP contribution in [0.5, 0.6) is 0 Å². The second kappa shape index (κ2) is 7.55. The van der Waals surface area contributed by atoms with Gasteiger partial charge < -0.3 is 19.1 Å². The van der Waals surface area contributed by atoms with Gasteiger partial charge in [-0.15, -0.1) is 0 Å². The summed E-state index contributed by atoms with van der Waals surface area (Å²) >= 11 is 0. The summed E-state index contributed by atoms with van der Waals surface area (Å²) in [6.45, 7) is 8.00. The van der Waals surface area contributed by atoms with Crippen LogP contribution >= 0.6 is 0 Å². The molecule has 0 radical (unpaired) electrons. The number of fused-ring (bicyclic) bond motifs is 1. The molecule has 9 heteroatoms. The minimum atomic E-state index is -0.494. The first-order valence-electron chi connectivity index (χ1n) is 10.9. The predicted molar refractivity (Wildman–Crippen MR) is 116 cm³/mol. The van der Waals surface area contributed by atoms with Crippen LogP contribution in [0.2, 0.25) is 0 Å². The second-order valence-electron chi connectivity index (χ2n) is 9.30. The molecule has 5 rings (SSSR count). The third-order valence-corrected chi connectivity index (χ3v) is 5.90. The maximum atomic E-state index is 12.3. The number of piperazine rings is 1. The maximum absolute atomic E-state index is 12.3. The van der Waals surface area contributed by atoms with E-state index in [0.717, 1.165) is 16.5 Å². The van der Waals surface area contributed by atoms with E-state index in [1.165, 1.54) is 19.3 Å². The maximum Gasteiger partial charge on any atom is 0.410 e. The van der Waals surface area contributed by atoms with Crippen molar-refractivity contribution >= 4 is 22.9 Å². The molecule has 31 heavy (non-hydrogen) atoms. The van der Waals surface area contributed by atoms with Crippen molar-refractivity contribution in [2.45, 2.75) is 51.7 Å². The highest BCUT2D eigenvalue weighted by Crippen LogP contribution is 2.34. The Labute approximate surface area is 180 Å². The summed E-state index contributed by atoms with van der Waals surface area (Å²) in [4.78, 5) is 20.6. The van der Waals surface area contributed by atoms with Gasteiger partial charge in [-0.25, -0.2) is 4.79 Å². The average molecular weight is 425 g/mol. The van der Waals surface area contributed by atoms with Crippen molar-refractivity contribution in [1.29, 1.82) is 0 Å². The van der Waals surface area contributed by atoms with Gasteiger partial charge in [0.15, 0.2) is 0 Å². The van der Waals surface area contributed by atoms with Crippen LogP contribution in [0, 0.1) is 0 Å². The molecule has 0 atom stereocenters. The Balaban J connectivity index is 1.28. The monoisotopic (exact) mass is 424 g/mol. The van der Waals surface area contributed by atoms with Gasteiger partial charge in [0.2, 0.25) is 0 Å². The summed E-state index contributed by atoms with van der Waals surface area (Å²) in [6, 6.07) is 6.62. The Morgan fingerprint density at radius 1 is 1.16 bits per heavy atom. The zero-order valence-electron chi connectivity index (χ0n) is 18.2. The summed E-state index contributed by atoms with van der Waals surface area (Å²) in [5.74, 6) is 1.04. The van der Waals surface area contributed by atoms with Crippen LogP contribution in [0.4, 0.5) is 10.7 Å². The minimum absolute atomic E-state index is 0.280. The highest BCUT2D eigenvalue weighted by Gasteiger charge is 2.28. The van der Waals surface area contributed by atoms with Gasteiger partial charge in [0.25, 0.3) is 11.8 Å². The number of rotatable bonds is 3. The van der Waals surface area contributed by atoms with Crippen LogP contribution in [0.25, 0.3) is 22.4 Å². The van der Waals surface area contributed by atoms with E-state index in [0.29, 0.717) is 44.1 Å². The van der Waals surface area contributed by atoms with Crippen molar-refractivity contribution in [3.05, 3.63) is 24.4 Å². The standard InChI is InChI=1S/C22H28N6O3/c1-22(2,3)30-21(29)27-11-9-26(10-12-27)20-24-19(31-25-20)15-7-8-16-14-23-28(18(16)13-15)17-5-4-6-17/h7-8,13-14,17H,4-6,9-12H2,1-3H3. The van der Waals surface area contributed by atoms with Gasteiger partial charge in [-0.2, -0.15) is 10.1 Å². The van der Waals surface area contributed by atoms with Gasteiger partial charge >= 0.3 is 6.09 Å². The van der Waals surface area contributed by atoms with Gasteiger partial charge in [-0.05, 0) is 57.3 Å². The van der Waals surface area contributed by atoms with E-state index in [1.54, 1.807) is 4.90 Å². The molecule has 1 aliphatic heterocycles. The highest BCUT2D eigenvalue weighted by atomic mass is 16.6. The fourth-order valence-electron chi connectivity index (χ4n) is 3.97. The molecule has 1 aliphatic carbocycles. The lowest BCUT2D eigenvalue weighted by Crippen LogP contribution is -2.50. The van der Waals surface area contributed by atoms with Crippen molar-refractivity contribution in [3.8, 4) is 11.5 Å². The quantitative estimate of drug-likeness (QED) is 0.630. The smallest absolute Gasteiger partial charge is 0.410 e. The summed E-state index contributed by atoms with van der Waals surface area (Å²) in [5.41, 5.74) is 1.50. The molecule has 164 valence electrons. The van der Waals surface area contributed by atoms with Crippen LogP contribution in [0.3, 0.4) is 0 Å². The number of carbonyl (C=O) groups excluding carboxylic acids is 1. The number of hydrogen-bond donors (Lipinski definition) is 0. The van der Waals surface area contributed by atoms with E-state index in [-0.39, 0.29) is 6.09 Å². The summed E-state index contributed by atoms with van der Waals surface area (Å²) in [5, 5.41) is 9.87. The molecular formula is C22H28N6O3. The molecular weight excluding hydrogens is 396 g/mol. The molecule has 1 saturated carbocycles. The van der Waals surface area contributed by atoms with E-state index < -0.39 is 5.60 Å². The largest absolute Gasteiger partial charge is 0.444 e. The first-order valence-corrected chi connectivity index (χ1v) is 10.9. The number of carbonyl (C=O) groups is 1. The van der Waals surface area contributed by atoms with Crippen LogP contribution < -0.4 is 4.90 Å². The van der Waals surface area contributed by atoms with Crippen LogP contribution in [0.1, 0.15) is 46.1 Å². The van der Waals surface area contributed by atoms with Gasteiger partial charge in [0, 0.05) is 37.1 Å². The van der Waals surface area contributed by atoms with E-state index >= 15 is 0 Å². The molecule has 0 N–H and O–H groups in total. The second-order valence-corrected chi connectivity index (χ2v) is 9.30. The topological polar surface area (TPSA) is 89.5 Å². The number of nitrogens with zero attached hydrogens (tertiary/aromatic N) is 6. The van der Waals surface area contributed by atoms with Crippen molar-refractivity contribution in [2.75, 3.05) is 31.1 Å². The van der Waals surface area contributed by atoms with Crippen molar-refractivity contribution in [3.63, 3.8) is 0 Å². The molecule has 2 fully saturated rings. The molecule has 1 saturated heterocycles. The number of amides is 1. The Hall–Kier alpha value is -3.10.